The van der Waals surface area contributed by atoms with Crippen molar-refractivity contribution in [3.8, 4) is 0 Å². The van der Waals surface area contributed by atoms with Gasteiger partial charge in [0.15, 0.2) is 0 Å². The second kappa shape index (κ2) is 8.72. The van der Waals surface area contributed by atoms with Crippen LogP contribution in [0, 0.1) is 0 Å². The second-order valence-electron chi connectivity index (χ2n) is 5.87. The highest BCUT2D eigenvalue weighted by Gasteiger charge is 2.74. The largest absolute Gasteiger partial charge is 0.515 e. The van der Waals surface area contributed by atoms with Gasteiger partial charge in [0.25, 0.3) is 0 Å². The van der Waals surface area contributed by atoms with Gasteiger partial charge in [-0.25, -0.2) is 0 Å². The van der Waals surface area contributed by atoms with E-state index in [4.69, 9.17) is 26.6 Å². The number of hydrogen-bond acceptors (Lipinski definition) is 6. The van der Waals surface area contributed by atoms with Crippen LogP contribution in [-0.2, 0) is 26.6 Å². The van der Waals surface area contributed by atoms with E-state index in [1.807, 2.05) is 30.4 Å². The first-order valence-electron chi connectivity index (χ1n) is 8.30. The molecule has 1 aliphatic rings. The summed E-state index contributed by atoms with van der Waals surface area (Å²) < 4.78 is 34.2. The van der Waals surface area contributed by atoms with E-state index in [9.17, 15) is 0 Å². The van der Waals surface area contributed by atoms with Gasteiger partial charge in [0.1, 0.15) is 4.66 Å². The van der Waals surface area contributed by atoms with Crippen LogP contribution in [0.5, 0.6) is 0 Å². The van der Waals surface area contributed by atoms with E-state index in [1.165, 1.54) is 0 Å². The first kappa shape index (κ1) is 21.2. The Morgan fingerprint density at radius 2 is 1.19 bits per heavy atom. The van der Waals surface area contributed by atoms with E-state index in [-0.39, 0.29) is 0 Å². The van der Waals surface area contributed by atoms with Crippen LogP contribution in [0.2, 0.25) is 4.66 Å². The van der Waals surface area contributed by atoms with Crippen molar-refractivity contribution in [2.45, 2.75) is 11.1 Å². The standard InChI is InChI=1S/C18H28O6Si2/c1-19-25(20-2,21-3)18(26(22-4,23-5)24-6)14-12-17(13-15-18)16-10-8-7-9-11-16/h7-14H,15H2,1-6H3. The van der Waals surface area contributed by atoms with E-state index in [0.717, 1.165) is 11.1 Å². The molecule has 0 heterocycles. The Hall–Kier alpha value is -1.11. The lowest BCUT2D eigenvalue weighted by Crippen LogP contribution is -2.68. The molecule has 0 amide bonds. The minimum atomic E-state index is -3.24. The van der Waals surface area contributed by atoms with Gasteiger partial charge < -0.3 is 26.6 Å². The van der Waals surface area contributed by atoms with Crippen LogP contribution in [-0.4, -0.2) is 60.3 Å². The molecule has 26 heavy (non-hydrogen) atoms. The first-order valence-corrected chi connectivity index (χ1v) is 11.7. The van der Waals surface area contributed by atoms with Gasteiger partial charge >= 0.3 is 17.6 Å². The van der Waals surface area contributed by atoms with Crippen LogP contribution in [0.15, 0.2) is 48.6 Å². The molecule has 0 radical (unpaired) electrons. The zero-order valence-corrected chi connectivity index (χ0v) is 18.3. The van der Waals surface area contributed by atoms with Crippen molar-refractivity contribution in [1.82, 2.24) is 0 Å². The van der Waals surface area contributed by atoms with Crippen molar-refractivity contribution < 1.29 is 26.6 Å². The summed E-state index contributed by atoms with van der Waals surface area (Å²) in [5, 5.41) is 0. The Morgan fingerprint density at radius 3 is 1.54 bits per heavy atom. The second-order valence-corrected chi connectivity index (χ2v) is 12.8. The fraction of sp³-hybridized carbons (Fsp3) is 0.444. The molecule has 2 rings (SSSR count). The van der Waals surface area contributed by atoms with Crippen LogP contribution in [0.4, 0.5) is 0 Å². The van der Waals surface area contributed by atoms with Crippen molar-refractivity contribution in [3.63, 3.8) is 0 Å². The van der Waals surface area contributed by atoms with Crippen LogP contribution in [0.3, 0.4) is 0 Å². The van der Waals surface area contributed by atoms with Gasteiger partial charge in [-0.05, 0) is 17.6 Å². The fourth-order valence-corrected chi connectivity index (χ4v) is 11.5. The third kappa shape index (κ3) is 3.16. The smallest absolute Gasteiger partial charge is 0.376 e. The topological polar surface area (TPSA) is 55.4 Å². The Kier molecular flexibility index (Phi) is 7.11. The van der Waals surface area contributed by atoms with Crippen molar-refractivity contribution >= 4 is 23.2 Å². The maximum atomic E-state index is 5.84. The van der Waals surface area contributed by atoms with E-state index < -0.39 is 22.3 Å². The van der Waals surface area contributed by atoms with Gasteiger partial charge in [-0.15, -0.1) is 0 Å². The Morgan fingerprint density at radius 1 is 0.731 bits per heavy atom. The molecule has 0 fully saturated rings. The number of allylic oxidation sites excluding steroid dienone is 4. The third-order valence-electron chi connectivity index (χ3n) is 5.00. The molecule has 0 atom stereocenters. The molecule has 6 nitrogen and oxygen atoms in total. The summed E-state index contributed by atoms with van der Waals surface area (Å²) in [6, 6.07) is 10.2. The average Bonchev–Trinajstić information content (AvgIpc) is 2.72. The highest BCUT2D eigenvalue weighted by atomic mass is 28.5. The highest BCUT2D eigenvalue weighted by molar-refractivity contribution is 6.86. The molecule has 0 saturated heterocycles. The summed E-state index contributed by atoms with van der Waals surface area (Å²) in [6.07, 6.45) is 6.75. The Bertz CT molecular complexity index is 602. The number of benzene rings is 1. The quantitative estimate of drug-likeness (QED) is 0.598. The molecule has 1 aliphatic carbocycles. The van der Waals surface area contributed by atoms with Crippen LogP contribution >= 0.6 is 0 Å². The van der Waals surface area contributed by atoms with Gasteiger partial charge in [-0.2, -0.15) is 0 Å². The molecule has 0 bridgehead atoms. The fourth-order valence-electron chi connectivity index (χ4n) is 3.72. The van der Waals surface area contributed by atoms with Crippen molar-refractivity contribution in [2.75, 3.05) is 42.7 Å². The molecule has 0 aliphatic heterocycles. The lowest BCUT2D eigenvalue weighted by atomic mass is 9.99. The molecular weight excluding hydrogens is 368 g/mol. The average molecular weight is 397 g/mol. The lowest BCUT2D eigenvalue weighted by Gasteiger charge is -2.48. The normalized spacial score (nSPS) is 17.2. The lowest BCUT2D eigenvalue weighted by molar-refractivity contribution is 0.0646. The van der Waals surface area contributed by atoms with E-state index in [2.05, 4.69) is 18.2 Å². The predicted molar refractivity (Wildman–Crippen MR) is 104 cm³/mol. The molecule has 0 unspecified atom stereocenters. The van der Waals surface area contributed by atoms with Gasteiger partial charge in [0.2, 0.25) is 0 Å². The Balaban J connectivity index is 2.59. The van der Waals surface area contributed by atoms with E-state index in [0.29, 0.717) is 6.42 Å². The maximum Gasteiger partial charge on any atom is 0.515 e. The summed E-state index contributed by atoms with van der Waals surface area (Å²) in [7, 11) is 3.05. The monoisotopic (exact) mass is 396 g/mol. The Labute approximate surface area is 158 Å². The zero-order valence-electron chi connectivity index (χ0n) is 16.3. The van der Waals surface area contributed by atoms with Crippen molar-refractivity contribution in [3.05, 3.63) is 54.1 Å². The van der Waals surface area contributed by atoms with E-state index in [1.54, 1.807) is 42.7 Å². The van der Waals surface area contributed by atoms with Crippen molar-refractivity contribution in [1.29, 1.82) is 0 Å². The summed E-state index contributed by atoms with van der Waals surface area (Å²) in [6.45, 7) is 0. The van der Waals surface area contributed by atoms with Crippen molar-refractivity contribution in [2.24, 2.45) is 0 Å². The summed E-state index contributed by atoms with van der Waals surface area (Å²) >= 11 is 0. The van der Waals surface area contributed by atoms with Gasteiger partial charge in [0.05, 0.1) is 0 Å². The van der Waals surface area contributed by atoms with Crippen LogP contribution in [0.1, 0.15) is 12.0 Å². The minimum absolute atomic E-state index is 0.553. The molecule has 0 saturated carbocycles. The van der Waals surface area contributed by atoms with Gasteiger partial charge in [-0.1, -0.05) is 48.6 Å². The van der Waals surface area contributed by atoms with Gasteiger partial charge in [-0.3, -0.25) is 0 Å². The maximum absolute atomic E-state index is 5.84. The summed E-state index contributed by atoms with van der Waals surface area (Å²) in [4.78, 5) is 0. The third-order valence-corrected chi connectivity index (χ3v) is 13.0. The minimum Gasteiger partial charge on any atom is -0.376 e. The van der Waals surface area contributed by atoms with Crippen LogP contribution < -0.4 is 0 Å². The predicted octanol–water partition coefficient (Wildman–Crippen LogP) is 3.07. The molecule has 0 spiro atoms. The van der Waals surface area contributed by atoms with E-state index >= 15 is 0 Å². The molecular formula is C18H28O6Si2. The zero-order chi connectivity index (χ0) is 19.3. The van der Waals surface area contributed by atoms with Crippen LogP contribution in [0.25, 0.3) is 5.57 Å². The SMILES string of the molecule is CO[Si](OC)(OC)C1([Si](OC)(OC)OC)C=CC(c2ccccc2)=CC1. The molecule has 0 aromatic heterocycles. The molecule has 1 aromatic rings. The summed E-state index contributed by atoms with van der Waals surface area (Å²) in [5.74, 6) is 0. The molecule has 8 heteroatoms. The number of hydrogen-bond donors (Lipinski definition) is 0. The summed E-state index contributed by atoms with van der Waals surface area (Å²) in [5.41, 5.74) is 2.25. The highest BCUT2D eigenvalue weighted by Crippen LogP contribution is 2.55. The first-order chi connectivity index (χ1) is 12.5. The molecule has 144 valence electrons. The molecule has 1 aromatic carbocycles. The number of rotatable bonds is 9. The molecule has 0 N–H and O–H groups in total. The van der Waals surface area contributed by atoms with Gasteiger partial charge in [0, 0.05) is 42.7 Å².